The molecule has 0 bridgehead atoms. The number of carbonyl (C=O) groups excluding carboxylic acids is 1. The van der Waals surface area contributed by atoms with Gasteiger partial charge in [-0.15, -0.1) is 11.3 Å². The number of nitrogens with zero attached hydrogens (tertiary/aromatic N) is 3. The van der Waals surface area contributed by atoms with Crippen LogP contribution in [0.25, 0.3) is 21.3 Å². The van der Waals surface area contributed by atoms with E-state index < -0.39 is 0 Å². The summed E-state index contributed by atoms with van der Waals surface area (Å²) >= 11 is 7.42. The summed E-state index contributed by atoms with van der Waals surface area (Å²) in [5.74, 6) is -0.0220. The molecule has 0 radical (unpaired) electrons. The first-order chi connectivity index (χ1) is 13.5. The summed E-state index contributed by atoms with van der Waals surface area (Å²) in [6.07, 6.45) is 4.64. The fraction of sp³-hybridized carbons (Fsp3) is 0.381. The van der Waals surface area contributed by atoms with Gasteiger partial charge in [0.15, 0.2) is 0 Å². The topological polar surface area (TPSA) is 55.2 Å². The van der Waals surface area contributed by atoms with Gasteiger partial charge in [0, 0.05) is 28.0 Å². The normalized spacial score (nSPS) is 19.9. The van der Waals surface area contributed by atoms with E-state index in [1.165, 1.54) is 22.2 Å². The number of halogens is 1. The van der Waals surface area contributed by atoms with E-state index in [0.717, 1.165) is 30.4 Å². The fourth-order valence-corrected chi connectivity index (χ4v) is 5.09. The van der Waals surface area contributed by atoms with Crippen molar-refractivity contribution in [2.24, 2.45) is 0 Å². The van der Waals surface area contributed by atoms with Crippen molar-refractivity contribution in [3.8, 4) is 11.1 Å². The highest BCUT2D eigenvalue weighted by molar-refractivity contribution is 7.17. The van der Waals surface area contributed by atoms with E-state index in [9.17, 15) is 9.59 Å². The number of hydrogen-bond acceptors (Lipinski definition) is 4. The van der Waals surface area contributed by atoms with Crippen LogP contribution in [0.3, 0.4) is 0 Å². The molecule has 1 saturated heterocycles. The Morgan fingerprint density at radius 1 is 1.21 bits per heavy atom. The van der Waals surface area contributed by atoms with Crippen LogP contribution >= 0.6 is 22.9 Å². The number of benzene rings is 1. The number of aromatic nitrogens is 2. The lowest BCUT2D eigenvalue weighted by Gasteiger charge is -2.39. The molecule has 1 aliphatic heterocycles. The van der Waals surface area contributed by atoms with Crippen LogP contribution in [-0.4, -0.2) is 32.4 Å². The molecule has 0 N–H and O–H groups in total. The molecular weight excluding hydrogens is 394 g/mol. The molecule has 1 amide bonds. The Hall–Kier alpha value is -2.18. The van der Waals surface area contributed by atoms with Crippen molar-refractivity contribution in [2.45, 2.75) is 51.7 Å². The lowest BCUT2D eigenvalue weighted by atomic mass is 9.97. The van der Waals surface area contributed by atoms with Gasteiger partial charge < -0.3 is 4.90 Å². The second-order valence-corrected chi connectivity index (χ2v) is 8.74. The number of thiophene rings is 1. The van der Waals surface area contributed by atoms with Gasteiger partial charge in [0.25, 0.3) is 5.56 Å². The van der Waals surface area contributed by atoms with Crippen LogP contribution in [0.1, 0.15) is 33.1 Å². The van der Waals surface area contributed by atoms with Gasteiger partial charge in [0.1, 0.15) is 11.4 Å². The maximum Gasteiger partial charge on any atom is 0.263 e. The molecule has 2 aromatic heterocycles. The fourth-order valence-electron chi connectivity index (χ4n) is 4.06. The third kappa shape index (κ3) is 3.47. The number of carbonyl (C=O) groups is 1. The molecule has 1 aliphatic rings. The minimum atomic E-state index is -0.179. The maximum absolute atomic E-state index is 13.2. The summed E-state index contributed by atoms with van der Waals surface area (Å²) in [6.45, 7) is 4.18. The van der Waals surface area contributed by atoms with E-state index in [2.05, 4.69) is 18.8 Å². The van der Waals surface area contributed by atoms with E-state index in [1.54, 1.807) is 12.1 Å². The molecule has 5 nitrogen and oxygen atoms in total. The van der Waals surface area contributed by atoms with Gasteiger partial charge in [0.05, 0.1) is 11.7 Å². The highest BCUT2D eigenvalue weighted by atomic mass is 35.5. The number of rotatable bonds is 3. The highest BCUT2D eigenvalue weighted by Gasteiger charge is 2.29. The van der Waals surface area contributed by atoms with Crippen molar-refractivity contribution < 1.29 is 4.79 Å². The van der Waals surface area contributed by atoms with Crippen molar-refractivity contribution in [2.75, 3.05) is 0 Å². The molecule has 0 spiro atoms. The predicted octanol–water partition coefficient (Wildman–Crippen LogP) is 4.57. The Balaban J connectivity index is 1.70. The van der Waals surface area contributed by atoms with Crippen molar-refractivity contribution in [1.29, 1.82) is 0 Å². The second kappa shape index (κ2) is 7.68. The Morgan fingerprint density at radius 2 is 1.89 bits per heavy atom. The molecule has 3 aromatic rings. The van der Waals surface area contributed by atoms with Crippen molar-refractivity contribution in [1.82, 2.24) is 14.5 Å². The summed E-state index contributed by atoms with van der Waals surface area (Å²) in [4.78, 5) is 33.1. The van der Waals surface area contributed by atoms with Crippen molar-refractivity contribution >= 4 is 39.1 Å². The highest BCUT2D eigenvalue weighted by Crippen LogP contribution is 2.31. The third-order valence-corrected chi connectivity index (χ3v) is 6.64. The van der Waals surface area contributed by atoms with Crippen LogP contribution in [0.2, 0.25) is 5.02 Å². The number of hydrogen-bond donors (Lipinski definition) is 0. The van der Waals surface area contributed by atoms with Crippen molar-refractivity contribution in [3.63, 3.8) is 0 Å². The Morgan fingerprint density at radius 3 is 2.57 bits per heavy atom. The van der Waals surface area contributed by atoms with Gasteiger partial charge in [-0.3, -0.25) is 14.2 Å². The van der Waals surface area contributed by atoms with Gasteiger partial charge in [-0.05, 0) is 50.8 Å². The number of piperidine rings is 1. The first-order valence-electron chi connectivity index (χ1n) is 9.49. The number of amides is 1. The van der Waals surface area contributed by atoms with E-state index in [-0.39, 0.29) is 30.1 Å². The monoisotopic (exact) mass is 415 g/mol. The standard InChI is InChI=1S/C21H22ClN3O2S/c1-13-4-3-5-14(2)25(13)18(26)10-24-12-23-20-19(21(24)27)17(11-28-20)15-6-8-16(22)9-7-15/h6-9,11-14H,3-5,10H2,1-2H3/t13-,14+. The minimum absolute atomic E-state index is 0.0202. The number of likely N-dealkylation sites (tertiary alicyclic amines) is 1. The quantitative estimate of drug-likeness (QED) is 0.629. The van der Waals surface area contributed by atoms with Gasteiger partial charge in [0.2, 0.25) is 5.91 Å². The molecular formula is C21H22ClN3O2S. The van der Waals surface area contributed by atoms with Crippen LogP contribution in [0.5, 0.6) is 0 Å². The molecule has 146 valence electrons. The van der Waals surface area contributed by atoms with Crippen LogP contribution < -0.4 is 5.56 Å². The van der Waals surface area contributed by atoms with E-state index in [1.807, 2.05) is 22.4 Å². The molecule has 0 unspecified atom stereocenters. The lowest BCUT2D eigenvalue weighted by molar-refractivity contribution is -0.138. The van der Waals surface area contributed by atoms with Crippen LogP contribution in [0.4, 0.5) is 0 Å². The van der Waals surface area contributed by atoms with Gasteiger partial charge in [-0.1, -0.05) is 23.7 Å². The summed E-state index contributed by atoms with van der Waals surface area (Å²) in [5.41, 5.74) is 1.56. The molecule has 1 aromatic carbocycles. The molecule has 0 aliphatic carbocycles. The van der Waals surface area contributed by atoms with E-state index in [4.69, 9.17) is 11.6 Å². The van der Waals surface area contributed by atoms with E-state index >= 15 is 0 Å². The largest absolute Gasteiger partial charge is 0.336 e. The zero-order valence-corrected chi connectivity index (χ0v) is 17.5. The molecule has 7 heteroatoms. The van der Waals surface area contributed by atoms with Crippen LogP contribution in [0.15, 0.2) is 40.8 Å². The molecule has 0 saturated carbocycles. The zero-order chi connectivity index (χ0) is 19.8. The third-order valence-electron chi connectivity index (χ3n) is 5.50. The summed E-state index contributed by atoms with van der Waals surface area (Å²) in [7, 11) is 0. The Labute approximate surface area is 172 Å². The molecule has 4 rings (SSSR count). The second-order valence-electron chi connectivity index (χ2n) is 7.44. The van der Waals surface area contributed by atoms with E-state index in [0.29, 0.717) is 15.2 Å². The average molecular weight is 416 g/mol. The molecule has 1 fully saturated rings. The molecule has 3 heterocycles. The Bertz CT molecular complexity index is 1060. The predicted molar refractivity (Wildman–Crippen MR) is 114 cm³/mol. The Kier molecular flexibility index (Phi) is 5.25. The summed E-state index contributed by atoms with van der Waals surface area (Å²) in [5, 5.41) is 3.14. The molecule has 2 atom stereocenters. The smallest absolute Gasteiger partial charge is 0.263 e. The summed E-state index contributed by atoms with van der Waals surface area (Å²) < 4.78 is 1.44. The van der Waals surface area contributed by atoms with Gasteiger partial charge in [-0.25, -0.2) is 4.98 Å². The van der Waals surface area contributed by atoms with Crippen LogP contribution in [-0.2, 0) is 11.3 Å². The van der Waals surface area contributed by atoms with Crippen LogP contribution in [0, 0.1) is 0 Å². The SMILES string of the molecule is C[C@@H]1CCC[C@H](C)N1C(=O)Cn1cnc2scc(-c3ccc(Cl)cc3)c2c1=O. The van der Waals surface area contributed by atoms with Gasteiger partial charge >= 0.3 is 0 Å². The maximum atomic E-state index is 13.2. The van der Waals surface area contributed by atoms with Crippen molar-refractivity contribution in [3.05, 3.63) is 51.3 Å². The first kappa shape index (κ1) is 19.2. The zero-order valence-electron chi connectivity index (χ0n) is 15.9. The first-order valence-corrected chi connectivity index (χ1v) is 10.7. The van der Waals surface area contributed by atoms with Gasteiger partial charge in [-0.2, -0.15) is 0 Å². The lowest BCUT2D eigenvalue weighted by Crippen LogP contribution is -2.49. The average Bonchev–Trinajstić information content (AvgIpc) is 3.09. The molecule has 28 heavy (non-hydrogen) atoms. The summed E-state index contributed by atoms with van der Waals surface area (Å²) in [6, 6.07) is 7.80. The number of fused-ring (bicyclic) bond motifs is 1. The minimum Gasteiger partial charge on any atom is -0.336 e.